The number of amides is 1. The molecule has 2 rings (SSSR count). The third-order valence-electron chi connectivity index (χ3n) is 2.48. The van der Waals surface area contributed by atoms with Crippen LogP contribution in [0.4, 0.5) is 4.39 Å². The maximum atomic E-state index is 13.3. The first-order valence-corrected chi connectivity index (χ1v) is 5.61. The molecule has 4 nitrogen and oxygen atoms in total. The van der Waals surface area contributed by atoms with Gasteiger partial charge in [-0.1, -0.05) is 18.2 Å². The standard InChI is InChI=1S/C13H13FN2O2/c1-9-16-8-12(18-9)13(17)15-7-6-10-4-2-3-5-11(10)14/h2-5,8H,6-7H2,1H3,(H,15,17). The smallest absolute Gasteiger partial charge is 0.288 e. The first kappa shape index (κ1) is 12.3. The highest BCUT2D eigenvalue weighted by Gasteiger charge is 2.10. The molecule has 0 aliphatic rings. The highest BCUT2D eigenvalue weighted by atomic mass is 19.1. The van der Waals surface area contributed by atoms with Gasteiger partial charge in [0.15, 0.2) is 5.89 Å². The molecule has 5 heteroatoms. The predicted octanol–water partition coefficient (Wildman–Crippen LogP) is 2.09. The van der Waals surface area contributed by atoms with Crippen LogP contribution in [0.3, 0.4) is 0 Å². The van der Waals surface area contributed by atoms with Crippen LogP contribution in [0.15, 0.2) is 34.9 Å². The largest absolute Gasteiger partial charge is 0.436 e. The van der Waals surface area contributed by atoms with Crippen molar-refractivity contribution >= 4 is 5.91 Å². The van der Waals surface area contributed by atoms with E-state index in [9.17, 15) is 9.18 Å². The van der Waals surface area contributed by atoms with Gasteiger partial charge in [0.05, 0.1) is 6.20 Å². The summed E-state index contributed by atoms with van der Waals surface area (Å²) in [5, 5.41) is 2.65. The molecular weight excluding hydrogens is 235 g/mol. The number of nitrogens with one attached hydrogen (secondary N) is 1. The second kappa shape index (κ2) is 5.44. The summed E-state index contributed by atoms with van der Waals surface area (Å²) < 4.78 is 18.4. The molecule has 2 aromatic rings. The Morgan fingerprint density at radius 2 is 2.22 bits per heavy atom. The third kappa shape index (κ3) is 2.94. The lowest BCUT2D eigenvalue weighted by Gasteiger charge is -2.04. The second-order valence-corrected chi connectivity index (χ2v) is 3.84. The fraction of sp³-hybridized carbons (Fsp3) is 0.231. The van der Waals surface area contributed by atoms with E-state index in [0.29, 0.717) is 24.4 Å². The van der Waals surface area contributed by atoms with Crippen LogP contribution in [0.1, 0.15) is 22.0 Å². The summed E-state index contributed by atoms with van der Waals surface area (Å²) in [5.74, 6) is 0.00415. The van der Waals surface area contributed by atoms with Gasteiger partial charge in [-0.25, -0.2) is 9.37 Å². The number of oxazole rings is 1. The van der Waals surface area contributed by atoms with Crippen molar-refractivity contribution in [1.29, 1.82) is 0 Å². The van der Waals surface area contributed by atoms with Gasteiger partial charge in [-0.05, 0) is 18.1 Å². The van der Waals surface area contributed by atoms with Crippen molar-refractivity contribution in [2.75, 3.05) is 6.54 Å². The van der Waals surface area contributed by atoms with Crippen LogP contribution < -0.4 is 5.32 Å². The average Bonchev–Trinajstić information content (AvgIpc) is 2.78. The molecule has 0 aliphatic heterocycles. The summed E-state index contributed by atoms with van der Waals surface area (Å²) in [4.78, 5) is 15.4. The van der Waals surface area contributed by atoms with Gasteiger partial charge in [0.25, 0.3) is 5.91 Å². The van der Waals surface area contributed by atoms with Crippen LogP contribution in [-0.2, 0) is 6.42 Å². The number of benzene rings is 1. The van der Waals surface area contributed by atoms with Gasteiger partial charge in [-0.3, -0.25) is 4.79 Å². The van der Waals surface area contributed by atoms with Gasteiger partial charge < -0.3 is 9.73 Å². The molecule has 0 saturated carbocycles. The van der Waals surface area contributed by atoms with Gasteiger partial charge in [0.2, 0.25) is 5.76 Å². The zero-order chi connectivity index (χ0) is 13.0. The van der Waals surface area contributed by atoms with Crippen molar-refractivity contribution in [2.45, 2.75) is 13.3 Å². The highest BCUT2D eigenvalue weighted by molar-refractivity contribution is 5.91. The monoisotopic (exact) mass is 248 g/mol. The summed E-state index contributed by atoms with van der Waals surface area (Å²) in [6.07, 6.45) is 1.80. The molecule has 18 heavy (non-hydrogen) atoms. The van der Waals surface area contributed by atoms with E-state index in [1.165, 1.54) is 12.3 Å². The molecule has 0 radical (unpaired) electrons. The Morgan fingerprint density at radius 1 is 1.44 bits per heavy atom. The van der Waals surface area contributed by atoms with Crippen LogP contribution in [0, 0.1) is 12.7 Å². The highest BCUT2D eigenvalue weighted by Crippen LogP contribution is 2.06. The molecule has 0 atom stereocenters. The molecular formula is C13H13FN2O2. The molecule has 0 fully saturated rings. The quantitative estimate of drug-likeness (QED) is 0.901. The number of carbonyl (C=O) groups excluding carboxylic acids is 1. The molecule has 0 spiro atoms. The number of rotatable bonds is 4. The molecule has 0 saturated heterocycles. The molecule has 0 aliphatic carbocycles. The Bertz CT molecular complexity index is 551. The van der Waals surface area contributed by atoms with E-state index in [0.717, 1.165) is 0 Å². The SMILES string of the molecule is Cc1ncc(C(=O)NCCc2ccccc2F)o1. The van der Waals surface area contributed by atoms with Crippen molar-refractivity contribution in [1.82, 2.24) is 10.3 Å². The molecule has 1 N–H and O–H groups in total. The van der Waals surface area contributed by atoms with E-state index in [1.807, 2.05) is 0 Å². The topological polar surface area (TPSA) is 55.1 Å². The third-order valence-corrected chi connectivity index (χ3v) is 2.48. The lowest BCUT2D eigenvalue weighted by molar-refractivity contribution is 0.0925. The summed E-state index contributed by atoms with van der Waals surface area (Å²) in [7, 11) is 0. The summed E-state index contributed by atoms with van der Waals surface area (Å²) in [5.41, 5.74) is 0.576. The van der Waals surface area contributed by atoms with E-state index in [4.69, 9.17) is 4.42 Å². The first-order chi connectivity index (χ1) is 8.66. The number of carbonyl (C=O) groups is 1. The normalized spacial score (nSPS) is 10.3. The van der Waals surface area contributed by atoms with Gasteiger partial charge in [-0.2, -0.15) is 0 Å². The van der Waals surface area contributed by atoms with E-state index < -0.39 is 0 Å². The number of hydrogen-bond acceptors (Lipinski definition) is 3. The molecule has 94 valence electrons. The second-order valence-electron chi connectivity index (χ2n) is 3.84. The predicted molar refractivity (Wildman–Crippen MR) is 63.7 cm³/mol. The number of aromatic nitrogens is 1. The lowest BCUT2D eigenvalue weighted by Crippen LogP contribution is -2.25. The number of hydrogen-bond donors (Lipinski definition) is 1. The molecule has 1 aromatic carbocycles. The molecule has 0 unspecified atom stereocenters. The van der Waals surface area contributed by atoms with Crippen molar-refractivity contribution in [3.63, 3.8) is 0 Å². The Balaban J connectivity index is 1.86. The van der Waals surface area contributed by atoms with E-state index in [2.05, 4.69) is 10.3 Å². The van der Waals surface area contributed by atoms with Crippen LogP contribution in [0.5, 0.6) is 0 Å². The fourth-order valence-corrected chi connectivity index (χ4v) is 1.57. The van der Waals surface area contributed by atoms with Crippen molar-refractivity contribution < 1.29 is 13.6 Å². The Hall–Kier alpha value is -2.17. The van der Waals surface area contributed by atoms with E-state index in [1.54, 1.807) is 25.1 Å². The van der Waals surface area contributed by atoms with Crippen molar-refractivity contribution in [2.24, 2.45) is 0 Å². The van der Waals surface area contributed by atoms with Crippen molar-refractivity contribution in [3.05, 3.63) is 53.5 Å². The van der Waals surface area contributed by atoms with Gasteiger partial charge in [0.1, 0.15) is 5.82 Å². The maximum absolute atomic E-state index is 13.3. The lowest BCUT2D eigenvalue weighted by atomic mass is 10.1. The summed E-state index contributed by atoms with van der Waals surface area (Å²) in [6, 6.07) is 6.49. The first-order valence-electron chi connectivity index (χ1n) is 5.61. The Kier molecular flexibility index (Phi) is 3.72. The molecule has 0 bridgehead atoms. The average molecular weight is 248 g/mol. The molecule has 1 amide bonds. The van der Waals surface area contributed by atoms with E-state index in [-0.39, 0.29) is 17.5 Å². The van der Waals surface area contributed by atoms with Gasteiger partial charge in [-0.15, -0.1) is 0 Å². The zero-order valence-electron chi connectivity index (χ0n) is 9.94. The van der Waals surface area contributed by atoms with Crippen LogP contribution in [0.2, 0.25) is 0 Å². The van der Waals surface area contributed by atoms with Crippen LogP contribution in [-0.4, -0.2) is 17.4 Å². The van der Waals surface area contributed by atoms with Crippen LogP contribution >= 0.6 is 0 Å². The number of halogens is 1. The molecule has 1 heterocycles. The Labute approximate surface area is 104 Å². The van der Waals surface area contributed by atoms with Crippen molar-refractivity contribution in [3.8, 4) is 0 Å². The summed E-state index contributed by atoms with van der Waals surface area (Å²) in [6.45, 7) is 2.01. The number of aryl methyl sites for hydroxylation is 1. The summed E-state index contributed by atoms with van der Waals surface area (Å²) >= 11 is 0. The Morgan fingerprint density at radius 3 is 2.89 bits per heavy atom. The minimum atomic E-state index is -0.341. The minimum Gasteiger partial charge on any atom is -0.436 e. The van der Waals surface area contributed by atoms with Gasteiger partial charge >= 0.3 is 0 Å². The van der Waals surface area contributed by atoms with Gasteiger partial charge in [0, 0.05) is 13.5 Å². The van der Waals surface area contributed by atoms with Crippen LogP contribution in [0.25, 0.3) is 0 Å². The minimum absolute atomic E-state index is 0.168. The number of nitrogens with zero attached hydrogens (tertiary/aromatic N) is 1. The molecule has 1 aromatic heterocycles. The maximum Gasteiger partial charge on any atom is 0.288 e. The van der Waals surface area contributed by atoms with E-state index >= 15 is 0 Å². The zero-order valence-corrected chi connectivity index (χ0v) is 9.94. The fourth-order valence-electron chi connectivity index (χ4n) is 1.57.